The number of halogens is 1. The molecule has 0 N–H and O–H groups in total. The first-order chi connectivity index (χ1) is 9.90. The van der Waals surface area contributed by atoms with Gasteiger partial charge < -0.3 is 0 Å². The van der Waals surface area contributed by atoms with Crippen molar-refractivity contribution in [3.63, 3.8) is 0 Å². The molecular formula is C16H12ClN3. The Kier molecular flexibility index (Phi) is 3.70. The second-order valence-corrected chi connectivity index (χ2v) is 4.59. The summed E-state index contributed by atoms with van der Waals surface area (Å²) < 4.78 is 0. The molecule has 4 heteroatoms. The molecule has 3 nitrogen and oxygen atoms in total. The van der Waals surface area contributed by atoms with E-state index in [9.17, 15) is 0 Å². The monoisotopic (exact) mass is 281 g/mol. The lowest BCUT2D eigenvalue weighted by Crippen LogP contribution is -1.94. The van der Waals surface area contributed by atoms with Gasteiger partial charge in [-0.2, -0.15) is 0 Å². The van der Waals surface area contributed by atoms with Crippen LogP contribution in [0.2, 0.25) is 0 Å². The third-order valence-electron chi connectivity index (χ3n) is 3.17. The van der Waals surface area contributed by atoms with Gasteiger partial charge in [0.15, 0.2) is 0 Å². The van der Waals surface area contributed by atoms with Gasteiger partial charge in [-0.25, -0.2) is 0 Å². The summed E-state index contributed by atoms with van der Waals surface area (Å²) in [6, 6.07) is 7.85. The van der Waals surface area contributed by atoms with Crippen molar-refractivity contribution >= 4 is 11.6 Å². The average Bonchev–Trinajstić information content (AvgIpc) is 2.55. The number of pyridine rings is 3. The fraction of sp³-hybridized carbons (Fsp3) is 0.0625. The molecule has 0 spiro atoms. The molecule has 0 unspecified atom stereocenters. The van der Waals surface area contributed by atoms with Gasteiger partial charge in [-0.1, -0.05) is 0 Å². The van der Waals surface area contributed by atoms with Gasteiger partial charge in [0, 0.05) is 54.2 Å². The first kappa shape index (κ1) is 12.8. The van der Waals surface area contributed by atoms with E-state index in [0.29, 0.717) is 5.88 Å². The number of rotatable bonds is 3. The third-order valence-corrected chi connectivity index (χ3v) is 3.44. The van der Waals surface area contributed by atoms with E-state index in [0.717, 1.165) is 27.8 Å². The highest BCUT2D eigenvalue weighted by molar-refractivity contribution is 6.18. The molecule has 20 heavy (non-hydrogen) atoms. The van der Waals surface area contributed by atoms with Gasteiger partial charge in [0.25, 0.3) is 0 Å². The lowest BCUT2D eigenvalue weighted by atomic mass is 9.96. The lowest BCUT2D eigenvalue weighted by molar-refractivity contribution is 1.25. The van der Waals surface area contributed by atoms with Gasteiger partial charge in [-0.15, -0.1) is 11.6 Å². The summed E-state index contributed by atoms with van der Waals surface area (Å²) in [5, 5.41) is 0. The molecule has 0 aliphatic rings. The molecule has 0 aliphatic heterocycles. The number of nitrogens with zero attached hydrogens (tertiary/aromatic N) is 3. The van der Waals surface area contributed by atoms with Crippen LogP contribution in [-0.2, 0) is 5.88 Å². The fourth-order valence-corrected chi connectivity index (χ4v) is 2.48. The number of aromatic nitrogens is 3. The molecular weight excluding hydrogens is 270 g/mol. The van der Waals surface area contributed by atoms with Gasteiger partial charge in [-0.3, -0.25) is 15.0 Å². The molecule has 3 heterocycles. The molecule has 3 aromatic rings. The zero-order valence-corrected chi connectivity index (χ0v) is 11.5. The summed E-state index contributed by atoms with van der Waals surface area (Å²) in [6.07, 6.45) is 10.8. The zero-order chi connectivity index (χ0) is 13.8. The molecule has 0 saturated heterocycles. The first-order valence-corrected chi connectivity index (χ1v) is 6.77. The van der Waals surface area contributed by atoms with Crippen LogP contribution in [0.4, 0.5) is 0 Å². The maximum absolute atomic E-state index is 6.18. The Morgan fingerprint density at radius 3 is 1.55 bits per heavy atom. The SMILES string of the molecule is ClCc1c(-c2ccncc2)cncc1-c1ccncc1. The zero-order valence-electron chi connectivity index (χ0n) is 10.7. The van der Waals surface area contributed by atoms with Gasteiger partial charge >= 0.3 is 0 Å². The largest absolute Gasteiger partial charge is 0.265 e. The summed E-state index contributed by atoms with van der Waals surface area (Å²) in [5.74, 6) is 0.428. The van der Waals surface area contributed by atoms with Gasteiger partial charge in [0.2, 0.25) is 0 Å². The third kappa shape index (κ3) is 2.40. The molecule has 0 fully saturated rings. The summed E-state index contributed by atoms with van der Waals surface area (Å²) in [7, 11) is 0. The highest BCUT2D eigenvalue weighted by Gasteiger charge is 2.11. The van der Waals surface area contributed by atoms with Crippen LogP contribution in [0.25, 0.3) is 22.3 Å². The summed E-state index contributed by atoms with van der Waals surface area (Å²) in [6.45, 7) is 0. The van der Waals surface area contributed by atoms with Crippen molar-refractivity contribution in [2.45, 2.75) is 5.88 Å². The minimum Gasteiger partial charge on any atom is -0.265 e. The van der Waals surface area contributed by atoms with Crippen molar-refractivity contribution in [1.29, 1.82) is 0 Å². The Morgan fingerprint density at radius 2 is 1.15 bits per heavy atom. The normalized spacial score (nSPS) is 10.4. The number of hydrogen-bond donors (Lipinski definition) is 0. The highest BCUT2D eigenvalue weighted by Crippen LogP contribution is 2.32. The van der Waals surface area contributed by atoms with E-state index >= 15 is 0 Å². The van der Waals surface area contributed by atoms with Crippen LogP contribution in [0.3, 0.4) is 0 Å². The highest BCUT2D eigenvalue weighted by atomic mass is 35.5. The molecule has 0 atom stereocenters. The summed E-state index contributed by atoms with van der Waals surface area (Å²) in [4.78, 5) is 12.4. The van der Waals surface area contributed by atoms with E-state index in [-0.39, 0.29) is 0 Å². The predicted octanol–water partition coefficient (Wildman–Crippen LogP) is 3.94. The number of alkyl halides is 1. The standard InChI is InChI=1S/C16H12ClN3/c17-9-14-15(12-1-5-18-6-2-12)10-20-11-16(14)13-3-7-19-8-4-13/h1-8,10-11H,9H2. The van der Waals surface area contributed by atoms with Crippen LogP contribution >= 0.6 is 11.6 Å². The molecule has 3 rings (SSSR count). The molecule has 0 saturated carbocycles. The Morgan fingerprint density at radius 1 is 0.700 bits per heavy atom. The van der Waals surface area contributed by atoms with Crippen LogP contribution in [-0.4, -0.2) is 15.0 Å². The maximum Gasteiger partial charge on any atom is 0.0487 e. The van der Waals surface area contributed by atoms with E-state index in [1.807, 2.05) is 36.7 Å². The van der Waals surface area contributed by atoms with Crippen molar-refractivity contribution < 1.29 is 0 Å². The van der Waals surface area contributed by atoms with Crippen molar-refractivity contribution in [2.75, 3.05) is 0 Å². The smallest absolute Gasteiger partial charge is 0.0487 e. The van der Waals surface area contributed by atoms with E-state index in [4.69, 9.17) is 11.6 Å². The topological polar surface area (TPSA) is 38.7 Å². The van der Waals surface area contributed by atoms with E-state index in [1.54, 1.807) is 24.8 Å². The minimum absolute atomic E-state index is 0.428. The van der Waals surface area contributed by atoms with Crippen LogP contribution in [0.15, 0.2) is 61.4 Å². The second kappa shape index (κ2) is 5.80. The van der Waals surface area contributed by atoms with E-state index in [2.05, 4.69) is 15.0 Å². The Bertz CT molecular complexity index is 642. The molecule has 3 aromatic heterocycles. The van der Waals surface area contributed by atoms with Gasteiger partial charge in [0.1, 0.15) is 0 Å². The Labute approximate surface area is 122 Å². The van der Waals surface area contributed by atoms with Crippen LogP contribution < -0.4 is 0 Å². The summed E-state index contributed by atoms with van der Waals surface area (Å²) in [5.41, 5.74) is 5.28. The average molecular weight is 282 g/mol. The fourth-order valence-electron chi connectivity index (χ4n) is 2.19. The first-order valence-electron chi connectivity index (χ1n) is 6.24. The molecule has 0 aliphatic carbocycles. The minimum atomic E-state index is 0.428. The van der Waals surface area contributed by atoms with Crippen molar-refractivity contribution in [3.05, 3.63) is 67.0 Å². The van der Waals surface area contributed by atoms with Crippen molar-refractivity contribution in [2.24, 2.45) is 0 Å². The van der Waals surface area contributed by atoms with Crippen LogP contribution in [0.1, 0.15) is 5.56 Å². The van der Waals surface area contributed by atoms with Gasteiger partial charge in [0.05, 0.1) is 0 Å². The quantitative estimate of drug-likeness (QED) is 0.683. The van der Waals surface area contributed by atoms with E-state index in [1.165, 1.54) is 0 Å². The predicted molar refractivity (Wildman–Crippen MR) is 80.3 cm³/mol. The van der Waals surface area contributed by atoms with Crippen LogP contribution in [0, 0.1) is 0 Å². The molecule has 0 radical (unpaired) electrons. The maximum atomic E-state index is 6.18. The summed E-state index contributed by atoms with van der Waals surface area (Å²) >= 11 is 6.18. The molecule has 0 aromatic carbocycles. The number of hydrogen-bond acceptors (Lipinski definition) is 3. The molecule has 0 bridgehead atoms. The van der Waals surface area contributed by atoms with Crippen molar-refractivity contribution in [3.8, 4) is 22.3 Å². The molecule has 0 amide bonds. The van der Waals surface area contributed by atoms with Crippen molar-refractivity contribution in [1.82, 2.24) is 15.0 Å². The van der Waals surface area contributed by atoms with E-state index < -0.39 is 0 Å². The van der Waals surface area contributed by atoms with Gasteiger partial charge in [-0.05, 0) is 41.0 Å². The second-order valence-electron chi connectivity index (χ2n) is 4.32. The molecule has 98 valence electrons. The Balaban J connectivity index is 2.19. The Hall–Kier alpha value is -2.26. The lowest BCUT2D eigenvalue weighted by Gasteiger charge is -2.12. The van der Waals surface area contributed by atoms with Crippen LogP contribution in [0.5, 0.6) is 0 Å².